The first-order valence-electron chi connectivity index (χ1n) is 8.45. The third kappa shape index (κ3) is 4.58. The van der Waals surface area contributed by atoms with Crippen LogP contribution in [0, 0.1) is 0 Å². The Kier molecular flexibility index (Phi) is 5.55. The van der Waals surface area contributed by atoms with Crippen molar-refractivity contribution in [1.82, 2.24) is 10.2 Å². The van der Waals surface area contributed by atoms with Gasteiger partial charge in [0.05, 0.1) is 5.75 Å². The molecule has 0 saturated heterocycles. The van der Waals surface area contributed by atoms with E-state index in [2.05, 4.69) is 27.6 Å². The molecule has 1 N–H and O–H groups in total. The Morgan fingerprint density at radius 2 is 1.89 bits per heavy atom. The van der Waals surface area contributed by atoms with Crippen LogP contribution in [0.25, 0.3) is 0 Å². The first-order valence-corrected chi connectivity index (χ1v) is 10.2. The van der Waals surface area contributed by atoms with E-state index >= 15 is 0 Å². The van der Waals surface area contributed by atoms with E-state index in [0.29, 0.717) is 42.6 Å². The van der Waals surface area contributed by atoms with Crippen molar-refractivity contribution in [3.63, 3.8) is 0 Å². The lowest BCUT2D eigenvalue weighted by molar-refractivity contribution is 0.102. The standard InChI is InChI=1S/C19H17N3O3S2/c23-15(14-6-7-16-17(10-14)25-9-8-24-16)12-26-19-22-21-18(27-19)20-11-13-4-2-1-3-5-13/h1-7,10H,8-9,11-12H2,(H,20,21). The molecule has 1 aromatic heterocycles. The lowest BCUT2D eigenvalue weighted by Gasteiger charge is -2.18. The summed E-state index contributed by atoms with van der Waals surface area (Å²) < 4.78 is 11.8. The number of benzene rings is 2. The fourth-order valence-electron chi connectivity index (χ4n) is 2.54. The van der Waals surface area contributed by atoms with Gasteiger partial charge < -0.3 is 14.8 Å². The van der Waals surface area contributed by atoms with Crippen LogP contribution in [-0.2, 0) is 6.54 Å². The molecule has 0 aliphatic carbocycles. The van der Waals surface area contributed by atoms with Crippen LogP contribution in [0.1, 0.15) is 15.9 Å². The summed E-state index contributed by atoms with van der Waals surface area (Å²) in [4.78, 5) is 12.4. The minimum atomic E-state index is 0.0194. The van der Waals surface area contributed by atoms with Crippen molar-refractivity contribution in [3.05, 3.63) is 59.7 Å². The minimum absolute atomic E-state index is 0.0194. The van der Waals surface area contributed by atoms with Crippen LogP contribution < -0.4 is 14.8 Å². The Labute approximate surface area is 164 Å². The van der Waals surface area contributed by atoms with E-state index in [-0.39, 0.29) is 5.78 Å². The second-order valence-corrected chi connectivity index (χ2v) is 7.98. The van der Waals surface area contributed by atoms with Crippen LogP contribution in [0.4, 0.5) is 5.13 Å². The minimum Gasteiger partial charge on any atom is -0.486 e. The number of fused-ring (bicyclic) bond motifs is 1. The van der Waals surface area contributed by atoms with Gasteiger partial charge in [-0.1, -0.05) is 53.4 Å². The number of ketones is 1. The van der Waals surface area contributed by atoms with Crippen LogP contribution in [-0.4, -0.2) is 34.9 Å². The second kappa shape index (κ2) is 8.41. The quantitative estimate of drug-likeness (QED) is 0.477. The number of hydrogen-bond donors (Lipinski definition) is 1. The molecule has 0 unspecified atom stereocenters. The summed E-state index contributed by atoms with van der Waals surface area (Å²) in [6.45, 7) is 1.73. The molecule has 4 rings (SSSR count). The van der Waals surface area contributed by atoms with Crippen LogP contribution in [0.5, 0.6) is 11.5 Å². The number of thioether (sulfide) groups is 1. The van der Waals surface area contributed by atoms with Gasteiger partial charge in [-0.3, -0.25) is 4.79 Å². The van der Waals surface area contributed by atoms with E-state index < -0.39 is 0 Å². The zero-order chi connectivity index (χ0) is 18.5. The highest BCUT2D eigenvalue weighted by molar-refractivity contribution is 8.01. The molecular formula is C19H17N3O3S2. The summed E-state index contributed by atoms with van der Waals surface area (Å²) in [6.07, 6.45) is 0. The number of aromatic nitrogens is 2. The Morgan fingerprint density at radius 3 is 2.74 bits per heavy atom. The number of rotatable bonds is 7. The van der Waals surface area contributed by atoms with E-state index in [4.69, 9.17) is 9.47 Å². The van der Waals surface area contributed by atoms with Gasteiger partial charge >= 0.3 is 0 Å². The molecule has 0 atom stereocenters. The van der Waals surface area contributed by atoms with Crippen LogP contribution in [0.2, 0.25) is 0 Å². The molecule has 2 aromatic carbocycles. The molecule has 6 nitrogen and oxygen atoms in total. The predicted octanol–water partition coefficient (Wildman–Crippen LogP) is 3.90. The number of nitrogens with one attached hydrogen (secondary N) is 1. The summed E-state index contributed by atoms with van der Waals surface area (Å²) >= 11 is 2.83. The largest absolute Gasteiger partial charge is 0.486 e. The van der Waals surface area contributed by atoms with Gasteiger partial charge in [0.2, 0.25) is 5.13 Å². The Morgan fingerprint density at radius 1 is 1.07 bits per heavy atom. The molecule has 138 valence electrons. The van der Waals surface area contributed by atoms with Crippen molar-refractivity contribution in [2.24, 2.45) is 0 Å². The third-order valence-electron chi connectivity index (χ3n) is 3.88. The van der Waals surface area contributed by atoms with Crippen LogP contribution >= 0.6 is 23.1 Å². The average Bonchev–Trinajstić information content (AvgIpc) is 3.19. The van der Waals surface area contributed by atoms with Crippen molar-refractivity contribution in [2.45, 2.75) is 10.9 Å². The fourth-order valence-corrected chi connectivity index (χ4v) is 4.18. The van der Waals surface area contributed by atoms with Crippen molar-refractivity contribution < 1.29 is 14.3 Å². The van der Waals surface area contributed by atoms with Gasteiger partial charge in [-0.25, -0.2) is 0 Å². The SMILES string of the molecule is O=C(CSc1nnc(NCc2ccccc2)s1)c1ccc2c(c1)OCCO2. The zero-order valence-electron chi connectivity index (χ0n) is 14.4. The van der Waals surface area contributed by atoms with Crippen LogP contribution in [0.3, 0.4) is 0 Å². The summed E-state index contributed by atoms with van der Waals surface area (Å²) in [6, 6.07) is 15.4. The number of hydrogen-bond acceptors (Lipinski definition) is 8. The van der Waals surface area contributed by atoms with E-state index in [1.165, 1.54) is 28.7 Å². The summed E-state index contributed by atoms with van der Waals surface area (Å²) in [5, 5.41) is 12.3. The molecule has 1 aliphatic rings. The van der Waals surface area contributed by atoms with E-state index in [0.717, 1.165) is 9.47 Å². The molecule has 27 heavy (non-hydrogen) atoms. The highest BCUT2D eigenvalue weighted by atomic mass is 32.2. The maximum atomic E-state index is 12.4. The van der Waals surface area contributed by atoms with Gasteiger partial charge in [-0.15, -0.1) is 10.2 Å². The number of carbonyl (C=O) groups excluding carboxylic acids is 1. The van der Waals surface area contributed by atoms with Crippen molar-refractivity contribution >= 4 is 34.0 Å². The van der Waals surface area contributed by atoms with Crippen LogP contribution in [0.15, 0.2) is 52.9 Å². The molecule has 0 saturated carbocycles. The maximum Gasteiger partial charge on any atom is 0.206 e. The van der Waals surface area contributed by atoms with Crippen molar-refractivity contribution in [2.75, 3.05) is 24.3 Å². The molecular weight excluding hydrogens is 382 g/mol. The molecule has 3 aromatic rings. The first kappa shape index (κ1) is 17.8. The van der Waals surface area contributed by atoms with E-state index in [1.807, 2.05) is 18.2 Å². The maximum absolute atomic E-state index is 12.4. The van der Waals surface area contributed by atoms with Gasteiger partial charge in [-0.05, 0) is 23.8 Å². The number of ether oxygens (including phenoxy) is 2. The Bertz CT molecular complexity index is 931. The molecule has 0 radical (unpaired) electrons. The molecule has 0 amide bonds. The topological polar surface area (TPSA) is 73.3 Å². The number of anilines is 1. The summed E-state index contributed by atoms with van der Waals surface area (Å²) in [5.41, 5.74) is 1.79. The normalized spacial score (nSPS) is 12.6. The summed E-state index contributed by atoms with van der Waals surface area (Å²) in [7, 11) is 0. The highest BCUT2D eigenvalue weighted by Crippen LogP contribution is 2.32. The molecule has 1 aliphatic heterocycles. The first-order chi connectivity index (χ1) is 13.3. The van der Waals surface area contributed by atoms with Gasteiger partial charge in [-0.2, -0.15) is 0 Å². The Balaban J connectivity index is 1.31. The zero-order valence-corrected chi connectivity index (χ0v) is 16.0. The molecule has 2 heterocycles. The van der Waals surface area contributed by atoms with Crippen molar-refractivity contribution in [3.8, 4) is 11.5 Å². The lowest BCUT2D eigenvalue weighted by Crippen LogP contribution is -2.16. The number of nitrogens with zero attached hydrogens (tertiary/aromatic N) is 2. The average molecular weight is 399 g/mol. The van der Waals surface area contributed by atoms with Gasteiger partial charge in [0.25, 0.3) is 0 Å². The highest BCUT2D eigenvalue weighted by Gasteiger charge is 2.16. The number of carbonyl (C=O) groups is 1. The third-order valence-corrected chi connectivity index (χ3v) is 5.90. The molecule has 0 spiro atoms. The lowest BCUT2D eigenvalue weighted by atomic mass is 10.1. The summed E-state index contributed by atoms with van der Waals surface area (Å²) in [5.74, 6) is 1.63. The molecule has 0 bridgehead atoms. The molecule has 8 heteroatoms. The van der Waals surface area contributed by atoms with Gasteiger partial charge in [0.1, 0.15) is 13.2 Å². The molecule has 0 fully saturated rings. The van der Waals surface area contributed by atoms with Gasteiger partial charge in [0.15, 0.2) is 21.6 Å². The Hall–Kier alpha value is -2.58. The van der Waals surface area contributed by atoms with E-state index in [9.17, 15) is 4.79 Å². The van der Waals surface area contributed by atoms with E-state index in [1.54, 1.807) is 18.2 Å². The number of Topliss-reactive ketones (excluding diaryl/α,β-unsaturated/α-hetero) is 1. The second-order valence-electron chi connectivity index (χ2n) is 5.78. The smallest absolute Gasteiger partial charge is 0.206 e. The fraction of sp³-hybridized carbons (Fsp3) is 0.211. The monoisotopic (exact) mass is 399 g/mol. The van der Waals surface area contributed by atoms with Gasteiger partial charge in [0, 0.05) is 12.1 Å². The van der Waals surface area contributed by atoms with Crippen molar-refractivity contribution in [1.29, 1.82) is 0 Å². The predicted molar refractivity (Wildman–Crippen MR) is 106 cm³/mol.